The standard InChI is InChI=1S/C23H45FN6O4S/c24-35(32,33)34-20-7-2-1-4-16(20)10-13-28-23(31)18-5-3-6-19(14-18)29-15-21(25)30-22(26)17-8-11-27-12-9-17/h16-22,27,29-30H,1-15,25-26H2,(H,28,31). The van der Waals surface area contributed by atoms with E-state index in [-0.39, 0.29) is 36.1 Å². The van der Waals surface area contributed by atoms with E-state index in [9.17, 15) is 17.1 Å². The SMILES string of the molecule is NC(CNC1CCCC(C(=O)NCCC2CCCCC2OS(=O)(=O)F)C1)NC(N)C1CCNCC1. The van der Waals surface area contributed by atoms with Crippen molar-refractivity contribution in [1.29, 1.82) is 0 Å². The third-order valence-corrected chi connectivity index (χ3v) is 8.34. The van der Waals surface area contributed by atoms with E-state index in [2.05, 4.69) is 25.5 Å². The fraction of sp³-hybridized carbons (Fsp3) is 0.957. The Morgan fingerprint density at radius 2 is 1.80 bits per heavy atom. The Bertz CT molecular complexity index is 754. The summed E-state index contributed by atoms with van der Waals surface area (Å²) in [5.41, 5.74) is 12.6. The molecule has 0 aromatic carbocycles. The Morgan fingerprint density at radius 1 is 1.06 bits per heavy atom. The quantitative estimate of drug-likeness (QED) is 0.160. The predicted octanol–water partition coefficient (Wildman–Crippen LogP) is 0.590. The maximum Gasteiger partial charge on any atom is 0.437 e. The van der Waals surface area contributed by atoms with Crippen LogP contribution in [0.2, 0.25) is 0 Å². The zero-order valence-electron chi connectivity index (χ0n) is 20.7. The number of piperidine rings is 1. The van der Waals surface area contributed by atoms with E-state index in [0.717, 1.165) is 70.9 Å². The molecule has 204 valence electrons. The number of rotatable bonds is 12. The number of nitrogens with two attached hydrogens (primary N) is 2. The second-order valence-electron chi connectivity index (χ2n) is 10.5. The lowest BCUT2D eigenvalue weighted by molar-refractivity contribution is -0.126. The highest BCUT2D eigenvalue weighted by molar-refractivity contribution is 7.81. The minimum Gasteiger partial charge on any atom is -0.356 e. The molecule has 1 heterocycles. The van der Waals surface area contributed by atoms with Gasteiger partial charge >= 0.3 is 10.5 Å². The van der Waals surface area contributed by atoms with Crippen LogP contribution in [-0.4, -0.2) is 65.0 Å². The number of nitrogens with one attached hydrogen (secondary N) is 4. The summed E-state index contributed by atoms with van der Waals surface area (Å²) in [5.74, 6) is 0.327. The lowest BCUT2D eigenvalue weighted by Crippen LogP contribution is -2.57. The van der Waals surface area contributed by atoms with Crippen LogP contribution in [0, 0.1) is 17.8 Å². The zero-order valence-corrected chi connectivity index (χ0v) is 21.5. The summed E-state index contributed by atoms with van der Waals surface area (Å²) in [4.78, 5) is 12.8. The molecule has 6 unspecified atom stereocenters. The predicted molar refractivity (Wildman–Crippen MR) is 133 cm³/mol. The highest BCUT2D eigenvalue weighted by Gasteiger charge is 2.31. The van der Waals surface area contributed by atoms with E-state index >= 15 is 0 Å². The van der Waals surface area contributed by atoms with Gasteiger partial charge in [-0.05, 0) is 76.3 Å². The van der Waals surface area contributed by atoms with Gasteiger partial charge in [0.1, 0.15) is 0 Å². The van der Waals surface area contributed by atoms with E-state index in [1.54, 1.807) is 0 Å². The van der Waals surface area contributed by atoms with Crippen LogP contribution in [0.4, 0.5) is 3.89 Å². The first kappa shape index (κ1) is 28.7. The van der Waals surface area contributed by atoms with E-state index < -0.39 is 16.6 Å². The van der Waals surface area contributed by atoms with Gasteiger partial charge in [-0.1, -0.05) is 23.1 Å². The molecular weight excluding hydrogens is 475 g/mol. The Kier molecular flexibility index (Phi) is 11.6. The average molecular weight is 521 g/mol. The zero-order chi connectivity index (χ0) is 25.3. The Labute approximate surface area is 209 Å². The van der Waals surface area contributed by atoms with Gasteiger partial charge in [-0.2, -0.15) is 8.42 Å². The van der Waals surface area contributed by atoms with Crippen LogP contribution < -0.4 is 32.7 Å². The van der Waals surface area contributed by atoms with Gasteiger partial charge in [0.2, 0.25) is 5.91 Å². The maximum atomic E-state index is 13.0. The van der Waals surface area contributed by atoms with Gasteiger partial charge in [0.15, 0.2) is 0 Å². The molecule has 10 nitrogen and oxygen atoms in total. The number of hydrogen-bond donors (Lipinski definition) is 6. The first-order valence-electron chi connectivity index (χ1n) is 13.3. The third-order valence-electron chi connectivity index (χ3n) is 7.86. The first-order chi connectivity index (χ1) is 16.7. The minimum atomic E-state index is -4.96. The number of halogens is 1. The number of carbonyl (C=O) groups is 1. The molecule has 12 heteroatoms. The van der Waals surface area contributed by atoms with Crippen molar-refractivity contribution >= 4 is 16.4 Å². The van der Waals surface area contributed by atoms with Gasteiger partial charge < -0.3 is 27.4 Å². The smallest absolute Gasteiger partial charge is 0.356 e. The highest BCUT2D eigenvalue weighted by Crippen LogP contribution is 2.31. The molecule has 0 spiro atoms. The molecule has 0 bridgehead atoms. The van der Waals surface area contributed by atoms with Crippen LogP contribution in [0.25, 0.3) is 0 Å². The second kappa shape index (κ2) is 14.2. The second-order valence-corrected chi connectivity index (χ2v) is 11.5. The van der Waals surface area contributed by atoms with Crippen LogP contribution >= 0.6 is 0 Å². The molecular formula is C23H45FN6O4S. The van der Waals surface area contributed by atoms with Crippen molar-refractivity contribution in [3.05, 3.63) is 0 Å². The van der Waals surface area contributed by atoms with Gasteiger partial charge in [-0.3, -0.25) is 10.1 Å². The van der Waals surface area contributed by atoms with Gasteiger partial charge in [0.05, 0.1) is 18.4 Å². The molecule has 1 amide bonds. The van der Waals surface area contributed by atoms with Crippen molar-refractivity contribution in [2.75, 3.05) is 26.2 Å². The van der Waals surface area contributed by atoms with Crippen LogP contribution in [0.1, 0.15) is 70.6 Å². The van der Waals surface area contributed by atoms with E-state index in [4.69, 9.17) is 11.5 Å². The summed E-state index contributed by atoms with van der Waals surface area (Å²) in [5, 5.41) is 13.2. The van der Waals surface area contributed by atoms with Gasteiger partial charge in [-0.15, -0.1) is 0 Å². The Balaban J connectivity index is 1.34. The van der Waals surface area contributed by atoms with Crippen molar-refractivity contribution in [2.24, 2.45) is 29.2 Å². The summed E-state index contributed by atoms with van der Waals surface area (Å²) in [6, 6.07) is 0.230. The lowest BCUT2D eigenvalue weighted by Gasteiger charge is -2.33. The molecule has 6 atom stereocenters. The molecule has 3 fully saturated rings. The summed E-state index contributed by atoms with van der Waals surface area (Å²) in [6.45, 7) is 3.02. The maximum absolute atomic E-state index is 13.0. The largest absolute Gasteiger partial charge is 0.437 e. The minimum absolute atomic E-state index is 0.0262. The lowest BCUT2D eigenvalue weighted by atomic mass is 9.83. The van der Waals surface area contributed by atoms with Crippen LogP contribution in [0.3, 0.4) is 0 Å². The van der Waals surface area contributed by atoms with Crippen LogP contribution in [-0.2, 0) is 19.5 Å². The normalized spacial score (nSPS) is 30.5. The van der Waals surface area contributed by atoms with Gasteiger partial charge in [-0.25, -0.2) is 4.18 Å². The molecule has 35 heavy (non-hydrogen) atoms. The number of hydrogen-bond acceptors (Lipinski definition) is 9. The third kappa shape index (κ3) is 10.2. The average Bonchev–Trinajstić information content (AvgIpc) is 2.83. The molecule has 3 rings (SSSR count). The molecule has 2 saturated carbocycles. The number of carbonyl (C=O) groups excluding carboxylic acids is 1. The fourth-order valence-corrected chi connectivity index (χ4v) is 6.40. The summed E-state index contributed by atoms with van der Waals surface area (Å²) in [6.07, 6.45) is 8.37. The number of amides is 1. The molecule has 0 radical (unpaired) electrons. The highest BCUT2D eigenvalue weighted by atomic mass is 32.3. The molecule has 1 saturated heterocycles. The summed E-state index contributed by atoms with van der Waals surface area (Å²) >= 11 is 0. The molecule has 0 aromatic heterocycles. The Morgan fingerprint density at radius 3 is 2.54 bits per heavy atom. The van der Waals surface area contributed by atoms with Crippen molar-refractivity contribution in [1.82, 2.24) is 21.3 Å². The topological polar surface area (TPSA) is 161 Å². The van der Waals surface area contributed by atoms with E-state index in [1.807, 2.05) is 0 Å². The van der Waals surface area contributed by atoms with Crippen molar-refractivity contribution in [3.63, 3.8) is 0 Å². The van der Waals surface area contributed by atoms with E-state index in [1.165, 1.54) is 0 Å². The Hall–Kier alpha value is -0.890. The summed E-state index contributed by atoms with van der Waals surface area (Å²) < 4.78 is 39.4. The van der Waals surface area contributed by atoms with Gasteiger partial charge in [0.25, 0.3) is 0 Å². The molecule has 2 aliphatic carbocycles. The summed E-state index contributed by atoms with van der Waals surface area (Å²) in [7, 11) is -4.96. The van der Waals surface area contributed by atoms with Crippen LogP contribution in [0.5, 0.6) is 0 Å². The molecule has 1 aliphatic heterocycles. The molecule has 3 aliphatic rings. The first-order valence-corrected chi connectivity index (χ1v) is 14.6. The van der Waals surface area contributed by atoms with Crippen molar-refractivity contribution in [2.45, 2.75) is 95.1 Å². The molecule has 0 aromatic rings. The van der Waals surface area contributed by atoms with Crippen molar-refractivity contribution < 1.29 is 21.3 Å². The van der Waals surface area contributed by atoms with Crippen molar-refractivity contribution in [3.8, 4) is 0 Å². The fourth-order valence-electron chi connectivity index (χ4n) is 5.86. The monoisotopic (exact) mass is 520 g/mol. The van der Waals surface area contributed by atoms with Crippen LogP contribution in [0.15, 0.2) is 0 Å². The van der Waals surface area contributed by atoms with E-state index in [0.29, 0.717) is 31.8 Å². The molecule has 8 N–H and O–H groups in total. The van der Waals surface area contributed by atoms with Gasteiger partial charge in [0, 0.05) is 25.0 Å².